The number of sulfonamides is 1. The van der Waals surface area contributed by atoms with Crippen molar-refractivity contribution in [3.63, 3.8) is 0 Å². The van der Waals surface area contributed by atoms with Gasteiger partial charge >= 0.3 is 0 Å². The Morgan fingerprint density at radius 2 is 1.75 bits per heavy atom. The summed E-state index contributed by atoms with van der Waals surface area (Å²) < 4.78 is 26.3. The van der Waals surface area contributed by atoms with E-state index in [2.05, 4.69) is 9.97 Å². The molecule has 0 aliphatic rings. The molecule has 0 unspecified atom stereocenters. The van der Waals surface area contributed by atoms with Gasteiger partial charge in [-0.1, -0.05) is 18.2 Å². The Bertz CT molecular complexity index is 955. The number of hydrogen-bond donors (Lipinski definition) is 0. The number of thiazole rings is 1. The molecule has 0 N–H and O–H groups in total. The number of pyridine rings is 1. The lowest BCUT2D eigenvalue weighted by molar-refractivity contribution is -0.115. The molecule has 0 aliphatic carbocycles. The number of aromatic nitrogens is 2. The topological polar surface area (TPSA) is 80.2 Å². The van der Waals surface area contributed by atoms with Gasteiger partial charge in [0.15, 0.2) is 0 Å². The Labute approximate surface area is 143 Å². The highest BCUT2D eigenvalue weighted by Crippen LogP contribution is 2.30. The van der Waals surface area contributed by atoms with Crippen molar-refractivity contribution >= 4 is 32.4 Å². The molecule has 24 heavy (non-hydrogen) atoms. The van der Waals surface area contributed by atoms with Crippen LogP contribution in [-0.4, -0.2) is 24.3 Å². The SMILES string of the molecule is CC(=O)N(c1nc(-c2ccncc2)cs1)S(=O)(=O)c1ccccc1. The van der Waals surface area contributed by atoms with E-state index in [9.17, 15) is 13.2 Å². The summed E-state index contributed by atoms with van der Waals surface area (Å²) in [5.74, 6) is -0.616. The summed E-state index contributed by atoms with van der Waals surface area (Å²) >= 11 is 1.10. The van der Waals surface area contributed by atoms with Gasteiger partial charge < -0.3 is 0 Å². The first-order valence-electron chi connectivity index (χ1n) is 6.97. The molecule has 0 bridgehead atoms. The highest BCUT2D eigenvalue weighted by molar-refractivity contribution is 7.93. The smallest absolute Gasteiger partial charge is 0.272 e. The third-order valence-corrected chi connectivity index (χ3v) is 5.93. The molecular formula is C16H13N3O3S2. The molecule has 3 rings (SSSR count). The summed E-state index contributed by atoms with van der Waals surface area (Å²) in [6, 6.07) is 11.4. The van der Waals surface area contributed by atoms with Crippen molar-refractivity contribution in [1.29, 1.82) is 0 Å². The van der Waals surface area contributed by atoms with Gasteiger partial charge in [0.05, 0.1) is 10.6 Å². The van der Waals surface area contributed by atoms with Gasteiger partial charge in [-0.25, -0.2) is 13.4 Å². The predicted octanol–water partition coefficient (Wildman–Crippen LogP) is 2.95. The number of nitrogens with zero attached hydrogens (tertiary/aromatic N) is 3. The van der Waals surface area contributed by atoms with Crippen molar-refractivity contribution in [1.82, 2.24) is 9.97 Å². The molecule has 2 heterocycles. The quantitative estimate of drug-likeness (QED) is 0.715. The summed E-state index contributed by atoms with van der Waals surface area (Å²) in [4.78, 5) is 20.3. The normalized spacial score (nSPS) is 11.2. The van der Waals surface area contributed by atoms with E-state index >= 15 is 0 Å². The van der Waals surface area contributed by atoms with Gasteiger partial charge in [-0.15, -0.1) is 11.3 Å². The molecule has 1 amide bonds. The zero-order chi connectivity index (χ0) is 17.2. The molecule has 0 saturated heterocycles. The van der Waals surface area contributed by atoms with Crippen molar-refractivity contribution in [3.05, 3.63) is 60.2 Å². The fraction of sp³-hybridized carbons (Fsp3) is 0.0625. The average molecular weight is 359 g/mol. The van der Waals surface area contributed by atoms with Gasteiger partial charge in [0, 0.05) is 30.3 Å². The maximum absolute atomic E-state index is 12.8. The van der Waals surface area contributed by atoms with Crippen molar-refractivity contribution < 1.29 is 13.2 Å². The van der Waals surface area contributed by atoms with E-state index in [1.54, 1.807) is 48.1 Å². The monoisotopic (exact) mass is 359 g/mol. The van der Waals surface area contributed by atoms with Crippen LogP contribution in [0, 0.1) is 0 Å². The standard InChI is InChI=1S/C16H13N3O3S2/c1-12(20)19(24(21,22)14-5-3-2-4-6-14)16-18-15(11-23-16)13-7-9-17-10-8-13/h2-11H,1H3. The van der Waals surface area contributed by atoms with Crippen molar-refractivity contribution in [3.8, 4) is 11.3 Å². The molecule has 0 radical (unpaired) electrons. The molecule has 0 fully saturated rings. The molecule has 122 valence electrons. The second-order valence-electron chi connectivity index (χ2n) is 4.85. The zero-order valence-corrected chi connectivity index (χ0v) is 14.3. The van der Waals surface area contributed by atoms with Crippen molar-refractivity contribution in [2.45, 2.75) is 11.8 Å². The Morgan fingerprint density at radius 3 is 2.38 bits per heavy atom. The fourth-order valence-electron chi connectivity index (χ4n) is 2.12. The summed E-state index contributed by atoms with van der Waals surface area (Å²) in [5.41, 5.74) is 1.39. The lowest BCUT2D eigenvalue weighted by atomic mass is 10.2. The number of amides is 1. The van der Waals surface area contributed by atoms with Crippen LogP contribution in [0.4, 0.5) is 5.13 Å². The van der Waals surface area contributed by atoms with Gasteiger partial charge in [0.2, 0.25) is 11.0 Å². The van der Waals surface area contributed by atoms with Crippen molar-refractivity contribution in [2.24, 2.45) is 0 Å². The molecule has 0 spiro atoms. The van der Waals surface area contributed by atoms with Crippen LogP contribution in [0.25, 0.3) is 11.3 Å². The minimum absolute atomic E-state index is 0.0425. The second kappa shape index (κ2) is 6.50. The Morgan fingerprint density at radius 1 is 1.08 bits per heavy atom. The van der Waals surface area contributed by atoms with E-state index < -0.39 is 15.9 Å². The Balaban J connectivity index is 2.05. The fourth-order valence-corrected chi connectivity index (χ4v) is 4.62. The molecular weight excluding hydrogens is 346 g/mol. The zero-order valence-electron chi connectivity index (χ0n) is 12.7. The summed E-state index contributed by atoms with van der Waals surface area (Å²) in [7, 11) is -4.00. The molecule has 2 aromatic heterocycles. The van der Waals surface area contributed by atoms with Gasteiger partial charge in [0.1, 0.15) is 0 Å². The molecule has 6 nitrogen and oxygen atoms in total. The highest BCUT2D eigenvalue weighted by Gasteiger charge is 2.31. The van der Waals surface area contributed by atoms with Crippen LogP contribution >= 0.6 is 11.3 Å². The van der Waals surface area contributed by atoms with E-state index in [0.717, 1.165) is 21.2 Å². The minimum Gasteiger partial charge on any atom is -0.274 e. The molecule has 8 heteroatoms. The number of carbonyl (C=O) groups is 1. The number of hydrogen-bond acceptors (Lipinski definition) is 6. The Hall–Kier alpha value is -2.58. The second-order valence-corrected chi connectivity index (χ2v) is 7.48. The predicted molar refractivity (Wildman–Crippen MR) is 92.1 cm³/mol. The van der Waals surface area contributed by atoms with Crippen LogP contribution in [-0.2, 0) is 14.8 Å². The molecule has 3 aromatic rings. The molecule has 0 aliphatic heterocycles. The van der Waals surface area contributed by atoms with Crippen molar-refractivity contribution in [2.75, 3.05) is 4.31 Å². The lowest BCUT2D eigenvalue weighted by Gasteiger charge is -2.17. The first kappa shape index (κ1) is 16.3. The highest BCUT2D eigenvalue weighted by atomic mass is 32.2. The molecule has 1 aromatic carbocycles. The van der Waals surface area contributed by atoms with Crippen LogP contribution in [0.3, 0.4) is 0 Å². The molecule has 0 atom stereocenters. The summed E-state index contributed by atoms with van der Waals surface area (Å²) in [6.07, 6.45) is 3.25. The number of benzene rings is 1. The van der Waals surface area contributed by atoms with E-state index in [4.69, 9.17) is 0 Å². The maximum Gasteiger partial charge on any atom is 0.272 e. The van der Waals surface area contributed by atoms with Crippen LogP contribution in [0.1, 0.15) is 6.92 Å². The first-order chi connectivity index (χ1) is 11.5. The third kappa shape index (κ3) is 3.06. The first-order valence-corrected chi connectivity index (χ1v) is 9.29. The van der Waals surface area contributed by atoms with Gasteiger partial charge in [-0.05, 0) is 24.3 Å². The number of rotatable bonds is 4. The lowest BCUT2D eigenvalue weighted by Crippen LogP contribution is -2.35. The van der Waals surface area contributed by atoms with Crippen LogP contribution in [0.2, 0.25) is 0 Å². The largest absolute Gasteiger partial charge is 0.274 e. The summed E-state index contributed by atoms with van der Waals surface area (Å²) in [5, 5.41) is 1.82. The van der Waals surface area contributed by atoms with E-state index in [1.807, 2.05) is 0 Å². The molecule has 0 saturated carbocycles. The number of anilines is 1. The van der Waals surface area contributed by atoms with E-state index in [1.165, 1.54) is 19.1 Å². The van der Waals surface area contributed by atoms with Crippen LogP contribution < -0.4 is 4.31 Å². The van der Waals surface area contributed by atoms with Gasteiger partial charge in [-0.2, -0.15) is 4.31 Å². The third-order valence-electron chi connectivity index (χ3n) is 3.21. The summed E-state index contributed by atoms with van der Waals surface area (Å²) in [6.45, 7) is 1.20. The van der Waals surface area contributed by atoms with Gasteiger partial charge in [-0.3, -0.25) is 9.78 Å². The van der Waals surface area contributed by atoms with E-state index in [0.29, 0.717) is 5.69 Å². The Kier molecular flexibility index (Phi) is 4.41. The van der Waals surface area contributed by atoms with Gasteiger partial charge in [0.25, 0.3) is 10.0 Å². The maximum atomic E-state index is 12.8. The number of carbonyl (C=O) groups excluding carboxylic acids is 1. The van der Waals surface area contributed by atoms with E-state index in [-0.39, 0.29) is 10.0 Å². The average Bonchev–Trinajstić information content (AvgIpc) is 3.05. The van der Waals surface area contributed by atoms with Crippen LogP contribution in [0.5, 0.6) is 0 Å². The minimum atomic E-state index is -4.00. The van der Waals surface area contributed by atoms with Crippen LogP contribution in [0.15, 0.2) is 65.1 Å².